The average Bonchev–Trinajstić information content (AvgIpc) is 3.99. The van der Waals surface area contributed by atoms with E-state index in [-0.39, 0.29) is 44.4 Å². The van der Waals surface area contributed by atoms with Crippen LogP contribution in [0.2, 0.25) is 0 Å². The maximum atomic E-state index is 15.4. The van der Waals surface area contributed by atoms with Gasteiger partial charge in [-0.3, -0.25) is 29.1 Å². The van der Waals surface area contributed by atoms with Crippen LogP contribution < -0.4 is 25.2 Å². The second-order valence-electron chi connectivity index (χ2n) is 18.5. The number of anilines is 2. The molecule has 2 aliphatic heterocycles. The lowest BCUT2D eigenvalue weighted by Crippen LogP contribution is -2.58. The van der Waals surface area contributed by atoms with Crippen molar-refractivity contribution in [3.05, 3.63) is 113 Å². The fourth-order valence-electron chi connectivity index (χ4n) is 8.33. The van der Waals surface area contributed by atoms with Crippen LogP contribution in [0.15, 0.2) is 84.5 Å². The molecule has 5 aromatic rings. The molecule has 0 spiro atoms. The largest absolute Gasteiger partial charge is 0.491 e. The lowest BCUT2D eigenvalue weighted by Gasteiger charge is -2.35. The fourth-order valence-corrected chi connectivity index (χ4v) is 9.65. The van der Waals surface area contributed by atoms with Gasteiger partial charge >= 0.3 is 6.18 Å². The number of carbonyl (C=O) groups is 4. The smallest absolute Gasteiger partial charge is 0.420 e. The van der Waals surface area contributed by atoms with Crippen molar-refractivity contribution in [1.82, 2.24) is 25.5 Å². The summed E-state index contributed by atoms with van der Waals surface area (Å²) in [7, 11) is 0. The first-order valence-electron chi connectivity index (χ1n) is 22.3. The molecular weight excluding hydrogens is 965 g/mol. The Labute approximate surface area is 416 Å². The number of β-amino-alcohol motifs (C(OH)–C–C–N with tert-alkyl or cyclic N) is 1. The number of nitriles is 1. The summed E-state index contributed by atoms with van der Waals surface area (Å²) >= 11 is 7.08. The number of halogens is 4. The van der Waals surface area contributed by atoms with Crippen molar-refractivity contribution in [2.45, 2.75) is 84.4 Å². The second kappa shape index (κ2) is 20.8. The lowest BCUT2D eigenvalue weighted by atomic mass is 9.85. The number of rotatable bonds is 15. The molecule has 0 radical (unpaired) electrons. The number of nitrogens with zero attached hydrogens (tertiary/aromatic N) is 6. The normalized spacial score (nSPS) is 17.3. The summed E-state index contributed by atoms with van der Waals surface area (Å²) in [6.45, 7) is 10.1. The van der Waals surface area contributed by atoms with E-state index in [1.54, 1.807) is 74.0 Å². The number of pyridine rings is 1. The number of carbonyl (C=O) groups excluding carboxylic acids is 4. The Morgan fingerprint density at radius 1 is 1.00 bits per heavy atom. The van der Waals surface area contributed by atoms with Gasteiger partial charge in [0.15, 0.2) is 10.9 Å². The van der Waals surface area contributed by atoms with Crippen molar-refractivity contribution < 1.29 is 51.3 Å². The highest BCUT2D eigenvalue weighted by atomic mass is 32.1. The number of alkyl halides is 3. The first kappa shape index (κ1) is 52.0. The first-order chi connectivity index (χ1) is 33.5. The minimum Gasteiger partial charge on any atom is -0.491 e. The van der Waals surface area contributed by atoms with Gasteiger partial charge in [-0.1, -0.05) is 45.0 Å². The van der Waals surface area contributed by atoms with Crippen LogP contribution in [-0.2, 0) is 36.6 Å². The molecule has 3 N–H and O–H groups in total. The zero-order valence-electron chi connectivity index (χ0n) is 39.5. The third-order valence-electron chi connectivity index (χ3n) is 12.0. The zero-order valence-corrected chi connectivity index (χ0v) is 41.1. The van der Waals surface area contributed by atoms with Crippen molar-refractivity contribution in [2.75, 3.05) is 36.2 Å². The SMILES string of the molecule is Cc1ncsc1-c1ccc(CNC(=O)[C@@H]2C[C@@H](O)CN2C(=O)[C@@H](NC(=O)COCCOc2ccc(-c3ccc(N4C(=S)N(c5ccc(C#N)c(C(F)(F)F)c5F)C(=O)C4(C)C)cn3)cc2)C(C)(C)C)cc1. The molecule has 7 rings (SSSR count). The van der Waals surface area contributed by atoms with E-state index in [9.17, 15) is 42.7 Å². The van der Waals surface area contributed by atoms with Crippen molar-refractivity contribution in [3.63, 3.8) is 0 Å². The standard InChI is InChI=1S/C50H50F4N8O7S2/c1-28-42(71-27-58-28)31-9-7-29(8-10-31)23-57-44(65)38-21-34(63)25-60(38)45(66)43(48(2,3)4)59-39(64)26-68-19-20-69-35-15-11-30(12-16-35)36-17-14-33(24-56-36)62-47(70)61(46(67)49(62,5)6)37-18-13-32(22-55)40(41(37)51)50(52,53)54/h7-18,24,27,34,38,43,63H,19-21,23,25-26H2,1-6H3,(H,57,65)(H,59,64)/t34-,38+,43-/m1/s1. The molecule has 2 saturated heterocycles. The predicted octanol–water partition coefficient (Wildman–Crippen LogP) is 7.33. The van der Waals surface area contributed by atoms with E-state index in [1.165, 1.54) is 35.9 Å². The molecule has 372 valence electrons. The topological polar surface area (TPSA) is 190 Å². The molecule has 0 unspecified atom stereocenters. The number of aliphatic hydroxyl groups is 1. The number of aryl methyl sites for hydroxylation is 1. The number of thiocarbonyl (C=S) groups is 1. The Morgan fingerprint density at radius 2 is 1.69 bits per heavy atom. The number of nitrogens with one attached hydrogen (secondary N) is 2. The average molecular weight is 1020 g/mol. The Morgan fingerprint density at radius 3 is 2.30 bits per heavy atom. The van der Waals surface area contributed by atoms with E-state index in [0.29, 0.717) is 27.6 Å². The highest BCUT2D eigenvalue weighted by molar-refractivity contribution is 7.81. The molecule has 0 bridgehead atoms. The third-order valence-corrected chi connectivity index (χ3v) is 13.4. The number of hydrogen-bond acceptors (Lipinski definition) is 12. The van der Waals surface area contributed by atoms with Crippen LogP contribution in [0.25, 0.3) is 21.7 Å². The Bertz CT molecular complexity index is 2870. The summed E-state index contributed by atoms with van der Waals surface area (Å²) in [6, 6.07) is 19.0. The van der Waals surface area contributed by atoms with E-state index in [0.717, 1.165) is 33.8 Å². The highest BCUT2D eigenvalue weighted by Crippen LogP contribution is 2.42. The van der Waals surface area contributed by atoms with Crippen LogP contribution >= 0.6 is 23.6 Å². The van der Waals surface area contributed by atoms with Gasteiger partial charge in [-0.25, -0.2) is 9.37 Å². The van der Waals surface area contributed by atoms with E-state index in [1.807, 2.05) is 31.2 Å². The zero-order chi connectivity index (χ0) is 51.6. The predicted molar refractivity (Wildman–Crippen MR) is 260 cm³/mol. The molecule has 2 aliphatic rings. The maximum Gasteiger partial charge on any atom is 0.420 e. The maximum absolute atomic E-state index is 15.4. The summed E-state index contributed by atoms with van der Waals surface area (Å²) < 4.78 is 68.1. The van der Waals surface area contributed by atoms with Gasteiger partial charge in [0.05, 0.1) is 63.7 Å². The summed E-state index contributed by atoms with van der Waals surface area (Å²) in [5.41, 5.74) is 0.436. The molecule has 71 heavy (non-hydrogen) atoms. The van der Waals surface area contributed by atoms with E-state index in [2.05, 4.69) is 20.6 Å². The molecule has 15 nitrogen and oxygen atoms in total. The van der Waals surface area contributed by atoms with Crippen molar-refractivity contribution in [2.24, 2.45) is 5.41 Å². The number of aliphatic hydroxyl groups excluding tert-OH is 1. The monoisotopic (exact) mass is 1010 g/mol. The summed E-state index contributed by atoms with van der Waals surface area (Å²) in [4.78, 5) is 67.4. The number of amides is 4. The molecule has 0 aliphatic carbocycles. The lowest BCUT2D eigenvalue weighted by molar-refractivity contribution is -0.144. The Kier molecular flexibility index (Phi) is 15.3. The van der Waals surface area contributed by atoms with Gasteiger partial charge < -0.3 is 35.0 Å². The van der Waals surface area contributed by atoms with Gasteiger partial charge in [-0.15, -0.1) is 11.3 Å². The van der Waals surface area contributed by atoms with Crippen LogP contribution in [0.1, 0.15) is 63.4 Å². The van der Waals surface area contributed by atoms with Crippen LogP contribution in [0.3, 0.4) is 0 Å². The van der Waals surface area contributed by atoms with Crippen molar-refractivity contribution in [3.8, 4) is 33.5 Å². The number of ether oxygens (including phenoxy) is 2. The summed E-state index contributed by atoms with van der Waals surface area (Å²) in [5, 5.41) is 25.1. The van der Waals surface area contributed by atoms with Gasteiger partial charge in [-0.05, 0) is 98.1 Å². The van der Waals surface area contributed by atoms with E-state index >= 15 is 4.39 Å². The van der Waals surface area contributed by atoms with Gasteiger partial charge in [0, 0.05) is 25.1 Å². The highest BCUT2D eigenvalue weighted by Gasteiger charge is 2.52. The number of thiazole rings is 1. The molecule has 4 amide bonds. The molecule has 21 heteroatoms. The Hall–Kier alpha value is -6.86. The van der Waals surface area contributed by atoms with Crippen LogP contribution in [0.4, 0.5) is 28.9 Å². The first-order valence-corrected chi connectivity index (χ1v) is 23.6. The molecule has 2 aromatic heterocycles. The van der Waals surface area contributed by atoms with Gasteiger partial charge in [0.1, 0.15) is 42.1 Å². The minimum atomic E-state index is -5.21. The van der Waals surface area contributed by atoms with Crippen LogP contribution in [0, 0.1) is 29.5 Å². The van der Waals surface area contributed by atoms with E-state index < -0.39 is 81.6 Å². The number of likely N-dealkylation sites (tertiary alicyclic amines) is 1. The molecule has 3 aromatic carbocycles. The number of hydrogen-bond donors (Lipinski definition) is 3. The van der Waals surface area contributed by atoms with Crippen molar-refractivity contribution in [1.29, 1.82) is 5.26 Å². The number of aromatic nitrogens is 2. The quantitative estimate of drug-likeness (QED) is 0.0539. The van der Waals surface area contributed by atoms with Crippen LogP contribution in [-0.4, -0.2) is 98.8 Å². The van der Waals surface area contributed by atoms with Gasteiger partial charge in [-0.2, -0.15) is 18.4 Å². The molecular formula is C50H50F4N8O7S2. The number of benzene rings is 3. The van der Waals surface area contributed by atoms with Crippen LogP contribution in [0.5, 0.6) is 5.75 Å². The Balaban J connectivity index is 0.887. The van der Waals surface area contributed by atoms with Gasteiger partial charge in [0.2, 0.25) is 17.7 Å². The fraction of sp³-hybridized carbons (Fsp3) is 0.360. The van der Waals surface area contributed by atoms with Crippen molar-refractivity contribution >= 4 is 63.7 Å². The third kappa shape index (κ3) is 11.2. The molecule has 2 fully saturated rings. The molecule has 0 saturated carbocycles. The summed E-state index contributed by atoms with van der Waals surface area (Å²) in [6.07, 6.45) is -4.65. The van der Waals surface area contributed by atoms with Gasteiger partial charge in [0.25, 0.3) is 5.91 Å². The van der Waals surface area contributed by atoms with E-state index in [4.69, 9.17) is 21.7 Å². The molecule has 3 atom stereocenters. The second-order valence-corrected chi connectivity index (χ2v) is 19.7. The minimum absolute atomic E-state index is 0.0243. The molecule has 4 heterocycles. The summed E-state index contributed by atoms with van der Waals surface area (Å²) in [5.74, 6) is -3.57.